The van der Waals surface area contributed by atoms with Crippen LogP contribution in [0.15, 0.2) is 40.2 Å². The number of thioether (sulfide) groups is 1. The van der Waals surface area contributed by atoms with Crippen molar-refractivity contribution < 1.29 is 4.79 Å². The van der Waals surface area contributed by atoms with Crippen LogP contribution in [0.4, 0.5) is 5.69 Å². The van der Waals surface area contributed by atoms with E-state index in [1.807, 2.05) is 36.7 Å². The molecule has 0 bridgehead atoms. The first-order chi connectivity index (χ1) is 11.0. The Bertz CT molecular complexity index is 855. The lowest BCUT2D eigenvalue weighted by molar-refractivity contribution is -0.115. The molecule has 1 aromatic carbocycles. The third-order valence-corrected chi connectivity index (χ3v) is 5.21. The maximum absolute atomic E-state index is 12.1. The third-order valence-electron chi connectivity index (χ3n) is 3.49. The van der Waals surface area contributed by atoms with E-state index in [4.69, 9.17) is 23.2 Å². The predicted octanol–water partition coefficient (Wildman–Crippen LogP) is 4.53. The number of amidine groups is 1. The first-order valence-electron chi connectivity index (χ1n) is 6.81. The van der Waals surface area contributed by atoms with Crippen LogP contribution in [-0.4, -0.2) is 15.6 Å². The highest BCUT2D eigenvalue weighted by atomic mass is 35.5. The van der Waals surface area contributed by atoms with Gasteiger partial charge in [-0.05, 0) is 49.0 Å². The summed E-state index contributed by atoms with van der Waals surface area (Å²) in [5, 5.41) is 4.02. The molecule has 0 aliphatic carbocycles. The van der Waals surface area contributed by atoms with Crippen LogP contribution in [0.1, 0.15) is 11.4 Å². The minimum atomic E-state index is -0.175. The Kier molecular flexibility index (Phi) is 4.53. The van der Waals surface area contributed by atoms with Gasteiger partial charge in [0.15, 0.2) is 5.17 Å². The quantitative estimate of drug-likeness (QED) is 0.794. The van der Waals surface area contributed by atoms with Crippen molar-refractivity contribution in [2.45, 2.75) is 6.92 Å². The number of aliphatic imine (C=N–C) groups is 1. The molecule has 1 aliphatic heterocycles. The van der Waals surface area contributed by atoms with Gasteiger partial charge in [0, 0.05) is 18.4 Å². The van der Waals surface area contributed by atoms with Crippen molar-refractivity contribution in [2.24, 2.45) is 12.0 Å². The van der Waals surface area contributed by atoms with Gasteiger partial charge in [-0.3, -0.25) is 4.79 Å². The maximum Gasteiger partial charge on any atom is 0.264 e. The molecule has 0 radical (unpaired) electrons. The molecule has 23 heavy (non-hydrogen) atoms. The minimum Gasteiger partial charge on any atom is -0.348 e. The van der Waals surface area contributed by atoms with Crippen molar-refractivity contribution in [3.05, 3.63) is 56.7 Å². The van der Waals surface area contributed by atoms with Crippen molar-refractivity contribution in [2.75, 3.05) is 0 Å². The SMILES string of the molecule is Cc1ccc(/C=C2\SC(=Nc3cccc(Cl)c3Cl)NC2=O)n1C. The van der Waals surface area contributed by atoms with Gasteiger partial charge < -0.3 is 9.88 Å². The molecule has 2 aromatic rings. The minimum absolute atomic E-state index is 0.175. The lowest BCUT2D eigenvalue weighted by Crippen LogP contribution is -2.19. The van der Waals surface area contributed by atoms with E-state index in [1.54, 1.807) is 18.2 Å². The Hall–Kier alpha value is -1.69. The Morgan fingerprint density at radius 3 is 2.74 bits per heavy atom. The molecule has 1 amide bonds. The zero-order valence-corrected chi connectivity index (χ0v) is 14.8. The molecule has 0 unspecified atom stereocenters. The molecule has 1 aliphatic rings. The fourth-order valence-corrected chi connectivity index (χ4v) is 3.24. The first-order valence-corrected chi connectivity index (χ1v) is 8.39. The molecule has 0 atom stereocenters. The number of nitrogens with zero attached hydrogens (tertiary/aromatic N) is 2. The average molecular weight is 366 g/mol. The largest absolute Gasteiger partial charge is 0.348 e. The van der Waals surface area contributed by atoms with Gasteiger partial charge in [0.2, 0.25) is 0 Å². The first kappa shape index (κ1) is 16.2. The van der Waals surface area contributed by atoms with Crippen LogP contribution in [0.5, 0.6) is 0 Å². The van der Waals surface area contributed by atoms with Gasteiger partial charge in [0.25, 0.3) is 5.91 Å². The van der Waals surface area contributed by atoms with Crippen LogP contribution in [0.2, 0.25) is 10.0 Å². The van der Waals surface area contributed by atoms with E-state index in [2.05, 4.69) is 10.3 Å². The summed E-state index contributed by atoms with van der Waals surface area (Å²) < 4.78 is 2.02. The Labute approximate surface area is 148 Å². The molecule has 0 spiro atoms. The number of carbonyl (C=O) groups excluding carboxylic acids is 1. The van der Waals surface area contributed by atoms with Gasteiger partial charge in [0.1, 0.15) is 0 Å². The van der Waals surface area contributed by atoms with E-state index in [9.17, 15) is 4.79 Å². The summed E-state index contributed by atoms with van der Waals surface area (Å²) >= 11 is 13.4. The summed E-state index contributed by atoms with van der Waals surface area (Å²) in [5.74, 6) is -0.175. The zero-order valence-electron chi connectivity index (χ0n) is 12.4. The fraction of sp³-hybridized carbons (Fsp3) is 0.125. The van der Waals surface area contributed by atoms with Crippen LogP contribution >= 0.6 is 35.0 Å². The van der Waals surface area contributed by atoms with Crippen molar-refractivity contribution in [3.8, 4) is 0 Å². The summed E-state index contributed by atoms with van der Waals surface area (Å²) in [7, 11) is 1.96. The predicted molar refractivity (Wildman–Crippen MR) is 97.4 cm³/mol. The molecule has 2 heterocycles. The van der Waals surface area contributed by atoms with E-state index in [1.165, 1.54) is 11.8 Å². The molecule has 1 N–H and O–H groups in total. The second kappa shape index (κ2) is 6.43. The van der Waals surface area contributed by atoms with Crippen LogP contribution in [0, 0.1) is 6.92 Å². The lowest BCUT2D eigenvalue weighted by atomic mass is 10.3. The summed E-state index contributed by atoms with van der Waals surface area (Å²) in [6.45, 7) is 2.01. The summed E-state index contributed by atoms with van der Waals surface area (Å²) in [5.41, 5.74) is 2.61. The number of hydrogen-bond donors (Lipinski definition) is 1. The topological polar surface area (TPSA) is 46.4 Å². The van der Waals surface area contributed by atoms with E-state index < -0.39 is 0 Å². The van der Waals surface area contributed by atoms with E-state index in [-0.39, 0.29) is 5.91 Å². The Morgan fingerprint density at radius 1 is 1.26 bits per heavy atom. The molecule has 4 nitrogen and oxygen atoms in total. The number of hydrogen-bond acceptors (Lipinski definition) is 3. The molecule has 1 fully saturated rings. The fourth-order valence-electron chi connectivity index (χ4n) is 2.08. The molecule has 7 heteroatoms. The highest BCUT2D eigenvalue weighted by Gasteiger charge is 2.24. The van der Waals surface area contributed by atoms with Crippen molar-refractivity contribution in [3.63, 3.8) is 0 Å². The van der Waals surface area contributed by atoms with Gasteiger partial charge in [-0.25, -0.2) is 4.99 Å². The summed E-state index contributed by atoms with van der Waals surface area (Å²) in [4.78, 5) is 17.1. The summed E-state index contributed by atoms with van der Waals surface area (Å²) in [6.07, 6.45) is 1.84. The molecular formula is C16H13Cl2N3OS. The second-order valence-electron chi connectivity index (χ2n) is 5.01. The lowest BCUT2D eigenvalue weighted by Gasteiger charge is -2.01. The number of benzene rings is 1. The maximum atomic E-state index is 12.1. The Morgan fingerprint density at radius 2 is 2.04 bits per heavy atom. The number of aryl methyl sites for hydroxylation is 1. The highest BCUT2D eigenvalue weighted by Crippen LogP contribution is 2.34. The van der Waals surface area contributed by atoms with Gasteiger partial charge in [-0.2, -0.15) is 0 Å². The Balaban J connectivity index is 1.89. The number of halogens is 2. The zero-order chi connectivity index (χ0) is 16.6. The number of amides is 1. The number of rotatable bonds is 2. The van der Waals surface area contributed by atoms with Crippen LogP contribution in [0.25, 0.3) is 6.08 Å². The van der Waals surface area contributed by atoms with Gasteiger partial charge >= 0.3 is 0 Å². The van der Waals surface area contributed by atoms with E-state index >= 15 is 0 Å². The molecular weight excluding hydrogens is 353 g/mol. The molecule has 0 saturated carbocycles. The van der Waals surface area contributed by atoms with Gasteiger partial charge in [-0.1, -0.05) is 29.3 Å². The van der Waals surface area contributed by atoms with Crippen molar-refractivity contribution in [1.29, 1.82) is 0 Å². The van der Waals surface area contributed by atoms with Crippen LogP contribution < -0.4 is 5.32 Å². The van der Waals surface area contributed by atoms with Crippen molar-refractivity contribution in [1.82, 2.24) is 9.88 Å². The van der Waals surface area contributed by atoms with Crippen molar-refractivity contribution >= 4 is 57.8 Å². The van der Waals surface area contributed by atoms with Crippen LogP contribution in [-0.2, 0) is 11.8 Å². The van der Waals surface area contributed by atoms with Crippen LogP contribution in [0.3, 0.4) is 0 Å². The number of nitrogens with one attached hydrogen (secondary N) is 1. The monoisotopic (exact) mass is 365 g/mol. The third kappa shape index (κ3) is 3.32. The van der Waals surface area contributed by atoms with E-state index in [0.29, 0.717) is 25.8 Å². The number of carbonyl (C=O) groups is 1. The van der Waals surface area contributed by atoms with Gasteiger partial charge in [0.05, 0.1) is 20.6 Å². The highest BCUT2D eigenvalue weighted by molar-refractivity contribution is 8.18. The average Bonchev–Trinajstić information content (AvgIpc) is 3.01. The second-order valence-corrected chi connectivity index (χ2v) is 6.83. The van der Waals surface area contributed by atoms with E-state index in [0.717, 1.165) is 11.4 Å². The number of aromatic nitrogens is 1. The normalized spacial score (nSPS) is 18.0. The van der Waals surface area contributed by atoms with Gasteiger partial charge in [-0.15, -0.1) is 0 Å². The standard InChI is InChI=1S/C16H13Cl2N3OS/c1-9-6-7-10(21(9)2)8-13-15(22)20-16(23-13)19-12-5-3-4-11(17)14(12)18/h3-8H,1-2H3,(H,19,20,22)/b13-8-. The molecule has 1 aromatic heterocycles. The molecule has 1 saturated heterocycles. The smallest absolute Gasteiger partial charge is 0.264 e. The summed E-state index contributed by atoms with van der Waals surface area (Å²) in [6, 6.07) is 9.18. The molecule has 118 valence electrons. The molecule has 3 rings (SSSR count).